The molecule has 2 nitrogen and oxygen atoms in total. The van der Waals surface area contributed by atoms with Crippen LogP contribution < -0.4 is 5.32 Å². The van der Waals surface area contributed by atoms with Crippen LogP contribution in [0.3, 0.4) is 0 Å². The molecule has 0 radical (unpaired) electrons. The third-order valence-corrected chi connectivity index (χ3v) is 5.87. The van der Waals surface area contributed by atoms with Gasteiger partial charge in [0.1, 0.15) is 0 Å². The van der Waals surface area contributed by atoms with Crippen molar-refractivity contribution in [2.24, 2.45) is 5.92 Å². The van der Waals surface area contributed by atoms with Gasteiger partial charge in [-0.05, 0) is 89.3 Å². The zero-order valence-electron chi connectivity index (χ0n) is 11.9. The van der Waals surface area contributed by atoms with Crippen molar-refractivity contribution in [3.8, 4) is 0 Å². The molecule has 0 spiro atoms. The minimum Gasteiger partial charge on any atom is -0.380 e. The fourth-order valence-corrected chi connectivity index (χ4v) is 5.28. The van der Waals surface area contributed by atoms with Gasteiger partial charge in [-0.25, -0.2) is 0 Å². The van der Waals surface area contributed by atoms with E-state index in [1.54, 1.807) is 0 Å². The second-order valence-electron chi connectivity index (χ2n) is 5.45. The Morgan fingerprint density at radius 1 is 1.20 bits per heavy atom. The van der Waals surface area contributed by atoms with Gasteiger partial charge in [0.15, 0.2) is 0 Å². The summed E-state index contributed by atoms with van der Waals surface area (Å²) in [6, 6.07) is 4.65. The van der Waals surface area contributed by atoms with Crippen LogP contribution in [0.1, 0.15) is 26.7 Å². The van der Waals surface area contributed by atoms with Crippen molar-refractivity contribution < 1.29 is 0 Å². The molecular formula is C15H21Br3N2. The molecule has 1 aliphatic heterocycles. The number of nitrogens with one attached hydrogen (secondary N) is 1. The van der Waals surface area contributed by atoms with Crippen LogP contribution in [-0.4, -0.2) is 30.6 Å². The molecule has 1 heterocycles. The number of benzene rings is 1. The van der Waals surface area contributed by atoms with Crippen LogP contribution in [0, 0.1) is 5.92 Å². The van der Waals surface area contributed by atoms with Gasteiger partial charge in [-0.1, -0.05) is 22.9 Å². The second-order valence-corrected chi connectivity index (χ2v) is 8.07. The maximum atomic E-state index is 3.68. The van der Waals surface area contributed by atoms with Crippen molar-refractivity contribution >= 4 is 53.5 Å². The van der Waals surface area contributed by atoms with Crippen molar-refractivity contribution in [2.45, 2.75) is 32.7 Å². The molecule has 1 unspecified atom stereocenters. The van der Waals surface area contributed by atoms with Crippen molar-refractivity contribution in [2.75, 3.05) is 25.0 Å². The Morgan fingerprint density at radius 3 is 2.25 bits per heavy atom. The molecule has 0 aliphatic carbocycles. The smallest absolute Gasteiger partial charge is 0.0631 e. The highest BCUT2D eigenvalue weighted by Crippen LogP contribution is 2.36. The Hall–Kier alpha value is 0.420. The minimum atomic E-state index is 0.489. The highest BCUT2D eigenvalue weighted by Gasteiger charge is 2.24. The molecule has 1 fully saturated rings. The van der Waals surface area contributed by atoms with E-state index in [0.29, 0.717) is 6.04 Å². The monoisotopic (exact) mass is 466 g/mol. The van der Waals surface area contributed by atoms with E-state index in [0.717, 1.165) is 25.0 Å². The highest BCUT2D eigenvalue weighted by molar-refractivity contribution is 9.11. The van der Waals surface area contributed by atoms with E-state index in [2.05, 4.69) is 84.0 Å². The first-order valence-corrected chi connectivity index (χ1v) is 9.52. The van der Waals surface area contributed by atoms with E-state index >= 15 is 0 Å². The summed E-state index contributed by atoms with van der Waals surface area (Å²) in [7, 11) is 0. The maximum absolute atomic E-state index is 3.68. The van der Waals surface area contributed by atoms with E-state index < -0.39 is 0 Å². The van der Waals surface area contributed by atoms with E-state index in [9.17, 15) is 0 Å². The van der Waals surface area contributed by atoms with Crippen LogP contribution >= 0.6 is 47.8 Å². The summed E-state index contributed by atoms with van der Waals surface area (Å²) >= 11 is 10.8. The number of rotatable bonds is 4. The van der Waals surface area contributed by atoms with Gasteiger partial charge in [-0.3, -0.25) is 0 Å². The van der Waals surface area contributed by atoms with Crippen molar-refractivity contribution in [3.63, 3.8) is 0 Å². The summed E-state index contributed by atoms with van der Waals surface area (Å²) in [6.45, 7) is 8.19. The second kappa shape index (κ2) is 7.61. The number of halogens is 3. The van der Waals surface area contributed by atoms with Crippen LogP contribution in [0.15, 0.2) is 25.6 Å². The van der Waals surface area contributed by atoms with Crippen LogP contribution in [0.5, 0.6) is 0 Å². The average Bonchev–Trinajstić information content (AvgIpc) is 2.42. The number of hydrogen-bond acceptors (Lipinski definition) is 2. The van der Waals surface area contributed by atoms with Gasteiger partial charge < -0.3 is 10.2 Å². The van der Waals surface area contributed by atoms with Gasteiger partial charge in [-0.2, -0.15) is 0 Å². The van der Waals surface area contributed by atoms with Gasteiger partial charge in [-0.15, -0.1) is 0 Å². The van der Waals surface area contributed by atoms with E-state index in [1.807, 2.05) is 0 Å². The first-order chi connectivity index (χ1) is 9.51. The van der Waals surface area contributed by atoms with Crippen LogP contribution in [0.2, 0.25) is 0 Å². The van der Waals surface area contributed by atoms with Crippen LogP contribution in [0.25, 0.3) is 0 Å². The number of piperidine rings is 1. The van der Waals surface area contributed by atoms with E-state index in [4.69, 9.17) is 0 Å². The van der Waals surface area contributed by atoms with Crippen molar-refractivity contribution in [1.29, 1.82) is 0 Å². The summed E-state index contributed by atoms with van der Waals surface area (Å²) in [5.41, 5.74) is 1.15. The molecule has 1 atom stereocenters. The standard InChI is InChI=1S/C15H21Br3N2/c1-3-20-6-4-11(5-7-20)10(2)19-15-13(17)8-12(16)9-14(15)18/h8-11,19H,3-7H2,1-2H3. The van der Waals surface area contributed by atoms with Crippen molar-refractivity contribution in [3.05, 3.63) is 25.6 Å². The fraction of sp³-hybridized carbons (Fsp3) is 0.600. The first-order valence-electron chi connectivity index (χ1n) is 7.14. The zero-order chi connectivity index (χ0) is 14.7. The van der Waals surface area contributed by atoms with Gasteiger partial charge in [0, 0.05) is 19.5 Å². The number of anilines is 1. The topological polar surface area (TPSA) is 15.3 Å². The SMILES string of the molecule is CCN1CCC(C(C)Nc2c(Br)cc(Br)cc2Br)CC1. The van der Waals surface area contributed by atoms with E-state index in [-0.39, 0.29) is 0 Å². The van der Waals surface area contributed by atoms with Gasteiger partial charge in [0.2, 0.25) is 0 Å². The first kappa shape index (κ1) is 16.8. The van der Waals surface area contributed by atoms with Gasteiger partial charge in [0.25, 0.3) is 0 Å². The zero-order valence-corrected chi connectivity index (χ0v) is 16.7. The summed E-state index contributed by atoms with van der Waals surface area (Å²) < 4.78 is 3.26. The molecule has 1 aliphatic rings. The normalized spacial score (nSPS) is 19.1. The van der Waals surface area contributed by atoms with E-state index in [1.165, 1.54) is 32.5 Å². The van der Waals surface area contributed by atoms with Crippen molar-refractivity contribution in [1.82, 2.24) is 4.90 Å². The number of likely N-dealkylation sites (tertiary alicyclic amines) is 1. The average molecular weight is 469 g/mol. The fourth-order valence-electron chi connectivity index (χ4n) is 2.79. The molecule has 1 aromatic carbocycles. The Labute approximate surface area is 147 Å². The molecule has 0 bridgehead atoms. The number of nitrogens with zero attached hydrogens (tertiary/aromatic N) is 1. The summed E-state index contributed by atoms with van der Waals surface area (Å²) in [4.78, 5) is 2.54. The molecule has 1 saturated heterocycles. The summed E-state index contributed by atoms with van der Waals surface area (Å²) in [5.74, 6) is 0.750. The predicted molar refractivity (Wildman–Crippen MR) is 97.5 cm³/mol. The quantitative estimate of drug-likeness (QED) is 0.627. The molecule has 20 heavy (non-hydrogen) atoms. The lowest BCUT2D eigenvalue weighted by molar-refractivity contribution is 0.183. The third kappa shape index (κ3) is 4.21. The predicted octanol–water partition coefficient (Wildman–Crippen LogP) is 5.51. The molecule has 112 valence electrons. The molecular weight excluding hydrogens is 448 g/mol. The lowest BCUT2D eigenvalue weighted by atomic mass is 9.90. The lowest BCUT2D eigenvalue weighted by Gasteiger charge is -2.35. The lowest BCUT2D eigenvalue weighted by Crippen LogP contribution is -2.39. The largest absolute Gasteiger partial charge is 0.380 e. The molecule has 1 aromatic rings. The summed E-state index contributed by atoms with van der Waals surface area (Å²) in [6.07, 6.45) is 2.57. The third-order valence-electron chi connectivity index (χ3n) is 4.17. The molecule has 0 aromatic heterocycles. The van der Waals surface area contributed by atoms with Gasteiger partial charge in [0.05, 0.1) is 5.69 Å². The maximum Gasteiger partial charge on any atom is 0.0631 e. The summed E-state index contributed by atoms with van der Waals surface area (Å²) in [5, 5.41) is 3.68. The molecule has 5 heteroatoms. The van der Waals surface area contributed by atoms with Gasteiger partial charge >= 0.3 is 0 Å². The molecule has 0 amide bonds. The Bertz CT molecular complexity index is 433. The van der Waals surface area contributed by atoms with Crippen LogP contribution in [0.4, 0.5) is 5.69 Å². The Kier molecular flexibility index (Phi) is 6.39. The highest BCUT2D eigenvalue weighted by atomic mass is 79.9. The molecule has 2 rings (SSSR count). The Balaban J connectivity index is 2.00. The molecule has 1 N–H and O–H groups in total. The minimum absolute atomic E-state index is 0.489. The Morgan fingerprint density at radius 2 is 1.75 bits per heavy atom. The molecule has 0 saturated carbocycles. The number of hydrogen-bond donors (Lipinski definition) is 1. The van der Waals surface area contributed by atoms with Crippen LogP contribution in [-0.2, 0) is 0 Å².